The standard InChI is InChI=1S/C14H15BrN2/c15-11-3-1-2-10-13-9-4-6-17(7-5-9)8-12(13)16-14(10)11/h1-3,9,16H,4-8H2. The van der Waals surface area contributed by atoms with Gasteiger partial charge in [-0.2, -0.15) is 0 Å². The first kappa shape index (κ1) is 10.2. The van der Waals surface area contributed by atoms with Gasteiger partial charge in [0.2, 0.25) is 0 Å². The molecular weight excluding hydrogens is 276 g/mol. The number of rotatable bonds is 0. The Morgan fingerprint density at radius 1 is 1.24 bits per heavy atom. The van der Waals surface area contributed by atoms with Crippen molar-refractivity contribution in [3.8, 4) is 0 Å². The van der Waals surface area contributed by atoms with Gasteiger partial charge in [0.25, 0.3) is 0 Å². The number of halogens is 1. The molecule has 0 aliphatic carbocycles. The average Bonchev–Trinajstić information content (AvgIpc) is 2.52. The zero-order chi connectivity index (χ0) is 11.4. The van der Waals surface area contributed by atoms with E-state index < -0.39 is 0 Å². The lowest BCUT2D eigenvalue weighted by atomic mass is 9.90. The lowest BCUT2D eigenvalue weighted by Gasteiger charge is -2.26. The Balaban J connectivity index is 2.03. The molecule has 1 fully saturated rings. The van der Waals surface area contributed by atoms with Crippen LogP contribution >= 0.6 is 15.9 Å². The Labute approximate surface area is 109 Å². The van der Waals surface area contributed by atoms with Gasteiger partial charge in [-0.05, 0) is 59.4 Å². The Morgan fingerprint density at radius 3 is 2.88 bits per heavy atom. The minimum Gasteiger partial charge on any atom is -0.356 e. The largest absolute Gasteiger partial charge is 0.356 e. The zero-order valence-corrected chi connectivity index (χ0v) is 11.3. The molecule has 0 spiro atoms. The van der Waals surface area contributed by atoms with Crippen LogP contribution in [0.2, 0.25) is 0 Å². The van der Waals surface area contributed by atoms with Gasteiger partial charge >= 0.3 is 0 Å². The molecule has 1 aromatic heterocycles. The van der Waals surface area contributed by atoms with Crippen LogP contribution in [0, 0.1) is 0 Å². The van der Waals surface area contributed by atoms with Gasteiger partial charge in [0, 0.05) is 22.1 Å². The lowest BCUT2D eigenvalue weighted by Crippen LogP contribution is -2.29. The molecule has 3 aliphatic rings. The molecule has 0 unspecified atom stereocenters. The summed E-state index contributed by atoms with van der Waals surface area (Å²) in [7, 11) is 0. The highest BCUT2D eigenvalue weighted by Crippen LogP contribution is 2.41. The molecule has 5 rings (SSSR count). The van der Waals surface area contributed by atoms with Crippen LogP contribution in [0.15, 0.2) is 22.7 Å². The van der Waals surface area contributed by atoms with E-state index >= 15 is 0 Å². The second-order valence-corrected chi connectivity index (χ2v) is 6.08. The molecule has 1 saturated heterocycles. The molecule has 88 valence electrons. The van der Waals surface area contributed by atoms with Crippen LogP contribution in [-0.2, 0) is 6.54 Å². The first-order valence-corrected chi connectivity index (χ1v) is 7.13. The predicted octanol–water partition coefficient (Wildman–Crippen LogP) is 3.62. The minimum atomic E-state index is 0.770. The predicted molar refractivity (Wildman–Crippen MR) is 73.3 cm³/mol. The molecule has 4 heterocycles. The molecular formula is C14H15BrN2. The summed E-state index contributed by atoms with van der Waals surface area (Å²) in [5.74, 6) is 0.770. The van der Waals surface area contributed by atoms with Gasteiger partial charge in [0.15, 0.2) is 0 Å². The van der Waals surface area contributed by atoms with E-state index in [1.807, 2.05) is 0 Å². The van der Waals surface area contributed by atoms with E-state index in [0.29, 0.717) is 0 Å². The van der Waals surface area contributed by atoms with Crippen LogP contribution < -0.4 is 0 Å². The molecule has 2 bridgehead atoms. The van der Waals surface area contributed by atoms with Crippen LogP contribution in [0.5, 0.6) is 0 Å². The quantitative estimate of drug-likeness (QED) is 0.785. The number of fused-ring (bicyclic) bond motifs is 3. The monoisotopic (exact) mass is 290 g/mol. The number of para-hydroxylation sites is 1. The van der Waals surface area contributed by atoms with Gasteiger partial charge in [-0.25, -0.2) is 0 Å². The second-order valence-electron chi connectivity index (χ2n) is 5.23. The van der Waals surface area contributed by atoms with Crippen molar-refractivity contribution in [1.29, 1.82) is 0 Å². The zero-order valence-electron chi connectivity index (χ0n) is 9.67. The van der Waals surface area contributed by atoms with Crippen molar-refractivity contribution in [3.63, 3.8) is 0 Å². The number of benzene rings is 1. The Bertz CT molecular complexity index is 579. The van der Waals surface area contributed by atoms with Gasteiger partial charge in [0.1, 0.15) is 0 Å². The number of H-pyrrole nitrogens is 1. The maximum Gasteiger partial charge on any atom is 0.0603 e. The van der Waals surface area contributed by atoms with Crippen LogP contribution in [0.1, 0.15) is 30.0 Å². The van der Waals surface area contributed by atoms with Crippen molar-refractivity contribution in [2.24, 2.45) is 0 Å². The molecule has 2 aromatic rings. The van der Waals surface area contributed by atoms with E-state index in [2.05, 4.69) is 44.0 Å². The summed E-state index contributed by atoms with van der Waals surface area (Å²) in [6.07, 6.45) is 2.65. The third kappa shape index (κ3) is 1.42. The number of nitrogens with one attached hydrogen (secondary N) is 1. The van der Waals surface area contributed by atoms with E-state index in [9.17, 15) is 0 Å². The van der Waals surface area contributed by atoms with Gasteiger partial charge in [0.05, 0.1) is 5.52 Å². The third-order valence-electron chi connectivity index (χ3n) is 4.28. The highest BCUT2D eigenvalue weighted by molar-refractivity contribution is 9.10. The van der Waals surface area contributed by atoms with Crippen LogP contribution in [0.3, 0.4) is 0 Å². The second kappa shape index (κ2) is 3.59. The van der Waals surface area contributed by atoms with E-state index in [0.717, 1.165) is 12.5 Å². The molecule has 0 saturated carbocycles. The van der Waals surface area contributed by atoms with Gasteiger partial charge in [-0.3, -0.25) is 4.90 Å². The molecule has 1 aromatic carbocycles. The SMILES string of the molecule is Brc1cccc2c3c([nH]c12)CN1CCC3CC1. The summed E-state index contributed by atoms with van der Waals surface area (Å²) in [6, 6.07) is 6.54. The molecule has 3 heteroatoms. The molecule has 0 amide bonds. The first-order chi connectivity index (χ1) is 8.33. The smallest absolute Gasteiger partial charge is 0.0603 e. The number of aromatic amines is 1. The molecule has 17 heavy (non-hydrogen) atoms. The molecule has 3 aliphatic heterocycles. The van der Waals surface area contributed by atoms with Crippen LogP contribution in [-0.4, -0.2) is 23.0 Å². The molecule has 0 radical (unpaired) electrons. The summed E-state index contributed by atoms with van der Waals surface area (Å²) in [6.45, 7) is 3.64. The maximum atomic E-state index is 3.65. The van der Waals surface area contributed by atoms with Crippen molar-refractivity contribution in [2.75, 3.05) is 13.1 Å². The summed E-state index contributed by atoms with van der Waals surface area (Å²) in [4.78, 5) is 6.21. The number of hydrogen-bond donors (Lipinski definition) is 1. The highest BCUT2D eigenvalue weighted by Gasteiger charge is 2.30. The first-order valence-electron chi connectivity index (χ1n) is 6.34. The van der Waals surface area contributed by atoms with Crippen LogP contribution in [0.4, 0.5) is 0 Å². The summed E-state index contributed by atoms with van der Waals surface area (Å²) < 4.78 is 1.19. The Hall–Kier alpha value is -0.800. The van der Waals surface area contributed by atoms with Gasteiger partial charge in [-0.1, -0.05) is 12.1 Å². The average molecular weight is 291 g/mol. The normalized spacial score (nSPS) is 27.1. The van der Waals surface area contributed by atoms with Crippen molar-refractivity contribution in [1.82, 2.24) is 9.88 Å². The van der Waals surface area contributed by atoms with Crippen molar-refractivity contribution >= 4 is 26.8 Å². The van der Waals surface area contributed by atoms with Gasteiger partial charge < -0.3 is 4.98 Å². The third-order valence-corrected chi connectivity index (χ3v) is 4.94. The van der Waals surface area contributed by atoms with Crippen molar-refractivity contribution < 1.29 is 0 Å². The summed E-state index contributed by atoms with van der Waals surface area (Å²) in [5, 5.41) is 1.43. The number of aromatic nitrogens is 1. The minimum absolute atomic E-state index is 0.770. The number of hydrogen-bond acceptors (Lipinski definition) is 1. The Kier molecular flexibility index (Phi) is 2.15. The Morgan fingerprint density at radius 2 is 2.06 bits per heavy atom. The summed E-state index contributed by atoms with van der Waals surface area (Å²) >= 11 is 3.65. The van der Waals surface area contributed by atoms with E-state index in [-0.39, 0.29) is 0 Å². The van der Waals surface area contributed by atoms with Crippen molar-refractivity contribution in [3.05, 3.63) is 33.9 Å². The topological polar surface area (TPSA) is 19.0 Å². The van der Waals surface area contributed by atoms with Gasteiger partial charge in [-0.15, -0.1) is 0 Å². The fourth-order valence-corrected chi connectivity index (χ4v) is 3.92. The highest BCUT2D eigenvalue weighted by atomic mass is 79.9. The molecule has 1 N–H and O–H groups in total. The summed E-state index contributed by atoms with van der Waals surface area (Å²) in [5.41, 5.74) is 4.33. The van der Waals surface area contributed by atoms with E-state index in [4.69, 9.17) is 0 Å². The van der Waals surface area contributed by atoms with Crippen LogP contribution in [0.25, 0.3) is 10.9 Å². The fraction of sp³-hybridized carbons (Fsp3) is 0.429. The maximum absolute atomic E-state index is 3.65. The van der Waals surface area contributed by atoms with E-state index in [1.54, 1.807) is 5.56 Å². The number of nitrogens with zero attached hydrogens (tertiary/aromatic N) is 1. The molecule has 0 atom stereocenters. The molecule has 2 nitrogen and oxygen atoms in total. The van der Waals surface area contributed by atoms with E-state index in [1.165, 1.54) is 47.0 Å². The lowest BCUT2D eigenvalue weighted by molar-refractivity contribution is 0.219. The number of piperidine rings is 1. The van der Waals surface area contributed by atoms with Crippen molar-refractivity contribution in [2.45, 2.75) is 25.3 Å². The fourth-order valence-electron chi connectivity index (χ4n) is 3.45.